The molecule has 0 radical (unpaired) electrons. The van der Waals surface area contributed by atoms with E-state index in [0.717, 1.165) is 68.3 Å². The molecule has 4 N–H and O–H groups in total. The zero-order valence-electron chi connectivity index (χ0n) is 30.1. The summed E-state index contributed by atoms with van der Waals surface area (Å²) >= 11 is 0. The molecular weight excluding hydrogens is 678 g/mol. The van der Waals surface area contributed by atoms with E-state index in [0.29, 0.717) is 44.4 Å². The fourth-order valence-corrected chi connectivity index (χ4v) is 8.11. The van der Waals surface area contributed by atoms with Crippen LogP contribution in [0.5, 0.6) is 5.75 Å². The van der Waals surface area contributed by atoms with Crippen LogP contribution >= 0.6 is 0 Å². The molecular formula is C39H43N7O7. The number of carboxylic acid groups (broad SMARTS) is 1. The maximum atomic E-state index is 14.0. The van der Waals surface area contributed by atoms with Crippen LogP contribution in [0.15, 0.2) is 48.7 Å². The average Bonchev–Trinajstić information content (AvgIpc) is 3.98. The number of rotatable bonds is 8. The Bertz CT molecular complexity index is 2230. The van der Waals surface area contributed by atoms with Gasteiger partial charge in [-0.15, -0.1) is 0 Å². The van der Waals surface area contributed by atoms with E-state index in [4.69, 9.17) is 19.2 Å². The predicted octanol–water partition coefficient (Wildman–Crippen LogP) is 6.54. The standard InChI is InChI=1S/C39H43N7O7/c1-5-52-24-15-31(46(18-24)37(47)33(20(2)3)44-38(48)51-4)36-41-28-11-9-21-14-27-25-10-8-22(13-23(25)19-53-32(27)16-26(21)34(28)43-36)29-17-40-35(42-29)30-7-6-12-45(30)39(49)50/h8-11,13-14,16-17,20,24,30-31,33H,5-7,12,15,18-19H2,1-4H3,(H,40,42)(H,41,43)(H,44,48)(H,49,50)/t24-,30-,31-,33-/m0/s1. The number of amides is 3. The van der Waals surface area contributed by atoms with E-state index >= 15 is 0 Å². The van der Waals surface area contributed by atoms with Crippen molar-refractivity contribution in [2.75, 3.05) is 26.8 Å². The molecule has 5 heterocycles. The van der Waals surface area contributed by atoms with Crippen molar-refractivity contribution < 1.29 is 33.7 Å². The minimum atomic E-state index is -0.925. The largest absolute Gasteiger partial charge is 0.488 e. The maximum absolute atomic E-state index is 14.0. The summed E-state index contributed by atoms with van der Waals surface area (Å²) in [6.07, 6.45) is 2.15. The number of carbonyl (C=O) groups is 3. The number of hydrogen-bond acceptors (Lipinski definition) is 8. The van der Waals surface area contributed by atoms with Gasteiger partial charge < -0.3 is 39.5 Å². The summed E-state index contributed by atoms with van der Waals surface area (Å²) in [4.78, 5) is 57.5. The smallest absolute Gasteiger partial charge is 0.407 e. The Labute approximate surface area is 305 Å². The van der Waals surface area contributed by atoms with Crippen molar-refractivity contribution in [2.24, 2.45) is 5.92 Å². The molecule has 3 aliphatic heterocycles. The summed E-state index contributed by atoms with van der Waals surface area (Å²) in [6.45, 7) is 7.52. The second-order valence-corrected chi connectivity index (χ2v) is 14.3. The van der Waals surface area contributed by atoms with E-state index in [-0.39, 0.29) is 30.0 Å². The Balaban J connectivity index is 1.09. The molecule has 53 heavy (non-hydrogen) atoms. The third kappa shape index (κ3) is 6.20. The van der Waals surface area contributed by atoms with Gasteiger partial charge in [-0.3, -0.25) is 9.69 Å². The van der Waals surface area contributed by atoms with Crippen LogP contribution in [0.4, 0.5) is 9.59 Å². The van der Waals surface area contributed by atoms with Crippen molar-refractivity contribution >= 4 is 39.9 Å². The summed E-state index contributed by atoms with van der Waals surface area (Å²) in [5, 5.41) is 14.3. The fourth-order valence-electron chi connectivity index (χ4n) is 8.11. The van der Waals surface area contributed by atoms with Crippen molar-refractivity contribution in [1.82, 2.24) is 35.1 Å². The lowest BCUT2D eigenvalue weighted by Crippen LogP contribution is -2.51. The first kappa shape index (κ1) is 34.5. The second kappa shape index (κ2) is 13.7. The Kier molecular flexibility index (Phi) is 8.93. The quantitative estimate of drug-likeness (QED) is 0.139. The molecule has 14 nitrogen and oxygen atoms in total. The van der Waals surface area contributed by atoms with Gasteiger partial charge in [0, 0.05) is 37.1 Å². The first-order chi connectivity index (χ1) is 25.6. The molecule has 0 bridgehead atoms. The van der Waals surface area contributed by atoms with E-state index in [1.807, 2.05) is 26.8 Å². The number of likely N-dealkylation sites (tertiary alicyclic amines) is 2. The third-order valence-electron chi connectivity index (χ3n) is 10.7. The Hall–Kier alpha value is -5.63. The number of hydrogen-bond donors (Lipinski definition) is 4. The van der Waals surface area contributed by atoms with Crippen LogP contribution < -0.4 is 10.1 Å². The molecule has 3 aromatic carbocycles. The molecule has 276 valence electrons. The van der Waals surface area contributed by atoms with Crippen LogP contribution in [-0.4, -0.2) is 91.9 Å². The number of nitrogens with one attached hydrogen (secondary N) is 3. The van der Waals surface area contributed by atoms with Gasteiger partial charge in [-0.1, -0.05) is 32.0 Å². The zero-order valence-corrected chi connectivity index (χ0v) is 30.1. The van der Waals surface area contributed by atoms with E-state index < -0.39 is 18.2 Å². The van der Waals surface area contributed by atoms with E-state index in [9.17, 15) is 19.5 Å². The van der Waals surface area contributed by atoms with Gasteiger partial charge in [-0.25, -0.2) is 19.6 Å². The second-order valence-electron chi connectivity index (χ2n) is 14.3. The Morgan fingerprint density at radius 2 is 1.91 bits per heavy atom. The minimum Gasteiger partial charge on any atom is -0.488 e. The predicted molar refractivity (Wildman–Crippen MR) is 196 cm³/mol. The SMILES string of the molecule is CCO[C@H]1C[C@@H](c2nc3ccc4cc5c(cc4c3[nH]2)OCc2cc(-c3cnc([C@@H]4CCCN4C(=O)O)[nH]3)ccc2-5)N(C(=O)[C@@H](NC(=O)OC)C(C)C)C1. The molecule has 4 atom stereocenters. The van der Waals surface area contributed by atoms with Crippen LogP contribution in [-0.2, 0) is 20.9 Å². The zero-order chi connectivity index (χ0) is 37.0. The molecule has 5 aromatic rings. The van der Waals surface area contributed by atoms with Gasteiger partial charge in [0.2, 0.25) is 5.91 Å². The van der Waals surface area contributed by atoms with Gasteiger partial charge in [0.25, 0.3) is 0 Å². The van der Waals surface area contributed by atoms with Gasteiger partial charge >= 0.3 is 12.2 Å². The van der Waals surface area contributed by atoms with Crippen molar-refractivity contribution in [3.8, 4) is 28.1 Å². The third-order valence-corrected chi connectivity index (χ3v) is 10.7. The molecule has 0 saturated carbocycles. The monoisotopic (exact) mass is 721 g/mol. The summed E-state index contributed by atoms with van der Waals surface area (Å²) < 4.78 is 17.2. The number of methoxy groups -OCH3 is 1. The molecule has 2 fully saturated rings. The minimum absolute atomic E-state index is 0.164. The number of nitrogens with zero attached hydrogens (tertiary/aromatic N) is 4. The first-order valence-corrected chi connectivity index (χ1v) is 18.2. The van der Waals surface area contributed by atoms with Crippen LogP contribution in [0.25, 0.3) is 44.2 Å². The summed E-state index contributed by atoms with van der Waals surface area (Å²) in [5.74, 6) is 1.71. The molecule has 0 spiro atoms. The van der Waals surface area contributed by atoms with Crippen molar-refractivity contribution in [2.45, 2.75) is 70.9 Å². The Morgan fingerprint density at radius 3 is 2.68 bits per heavy atom. The highest BCUT2D eigenvalue weighted by atomic mass is 16.5. The van der Waals surface area contributed by atoms with E-state index in [2.05, 4.69) is 56.7 Å². The lowest BCUT2D eigenvalue weighted by Gasteiger charge is -2.29. The number of alkyl carbamates (subject to hydrolysis) is 1. The van der Waals surface area contributed by atoms with Gasteiger partial charge in [0.05, 0.1) is 48.2 Å². The maximum Gasteiger partial charge on any atom is 0.407 e. The molecule has 8 rings (SSSR count). The molecule has 14 heteroatoms. The highest BCUT2D eigenvalue weighted by molar-refractivity contribution is 6.07. The Morgan fingerprint density at radius 1 is 1.06 bits per heavy atom. The van der Waals surface area contributed by atoms with Gasteiger partial charge in [-0.2, -0.15) is 0 Å². The first-order valence-electron chi connectivity index (χ1n) is 18.2. The highest BCUT2D eigenvalue weighted by Crippen LogP contribution is 2.43. The number of carbonyl (C=O) groups excluding carboxylic acids is 2. The number of aromatic amines is 2. The molecule has 0 unspecified atom stereocenters. The molecule has 2 saturated heterocycles. The number of fused-ring (bicyclic) bond motifs is 6. The normalized spacial score (nSPS) is 20.1. The lowest BCUT2D eigenvalue weighted by atomic mass is 9.92. The number of aromatic nitrogens is 4. The van der Waals surface area contributed by atoms with Crippen molar-refractivity contribution in [1.29, 1.82) is 0 Å². The molecule has 3 aliphatic rings. The summed E-state index contributed by atoms with van der Waals surface area (Å²) in [5.41, 5.74) is 6.52. The van der Waals surface area contributed by atoms with Gasteiger partial charge in [0.1, 0.15) is 30.0 Å². The summed E-state index contributed by atoms with van der Waals surface area (Å²) in [7, 11) is 1.28. The number of benzene rings is 3. The van der Waals surface area contributed by atoms with Gasteiger partial charge in [0.15, 0.2) is 0 Å². The fraction of sp³-hybridized carbons (Fsp3) is 0.410. The molecule has 3 amide bonds. The van der Waals surface area contributed by atoms with Crippen molar-refractivity contribution in [3.63, 3.8) is 0 Å². The number of H-pyrrole nitrogens is 2. The number of ether oxygens (including phenoxy) is 3. The highest BCUT2D eigenvalue weighted by Gasteiger charge is 2.42. The van der Waals surface area contributed by atoms with Crippen LogP contribution in [0, 0.1) is 5.92 Å². The van der Waals surface area contributed by atoms with Crippen LogP contribution in [0.2, 0.25) is 0 Å². The average molecular weight is 722 g/mol. The molecule has 2 aromatic heterocycles. The van der Waals surface area contributed by atoms with Gasteiger partial charge in [-0.05, 0) is 72.0 Å². The summed E-state index contributed by atoms with van der Waals surface area (Å²) in [6, 6.07) is 13.1. The van der Waals surface area contributed by atoms with Crippen LogP contribution in [0.1, 0.15) is 69.3 Å². The molecule has 0 aliphatic carbocycles. The van der Waals surface area contributed by atoms with E-state index in [1.165, 1.54) is 12.0 Å². The van der Waals surface area contributed by atoms with Crippen molar-refractivity contribution in [3.05, 3.63) is 65.9 Å². The lowest BCUT2D eigenvalue weighted by molar-refractivity contribution is -0.136. The number of imidazole rings is 2. The van der Waals surface area contributed by atoms with E-state index in [1.54, 1.807) is 11.1 Å². The topological polar surface area (TPSA) is 175 Å². The van der Waals surface area contributed by atoms with Crippen LogP contribution in [0.3, 0.4) is 0 Å².